The number of carboxylic acids is 1. The molecule has 1 rings (SSSR count). The fourth-order valence-electron chi connectivity index (χ4n) is 2.44. The summed E-state index contributed by atoms with van der Waals surface area (Å²) >= 11 is 0. The first-order chi connectivity index (χ1) is 12.6. The number of hydrogen-bond acceptors (Lipinski definition) is 5. The quantitative estimate of drug-likeness (QED) is 0.475. The fourth-order valence-corrected chi connectivity index (χ4v) is 2.44. The van der Waals surface area contributed by atoms with Gasteiger partial charge in [-0.05, 0) is 38.7 Å². The number of aliphatic carboxylic acids is 1. The molecule has 1 unspecified atom stereocenters. The summed E-state index contributed by atoms with van der Waals surface area (Å²) in [5.41, 5.74) is 0.281. The van der Waals surface area contributed by atoms with E-state index >= 15 is 0 Å². The summed E-state index contributed by atoms with van der Waals surface area (Å²) in [4.78, 5) is 23.8. The van der Waals surface area contributed by atoms with Crippen molar-refractivity contribution in [2.75, 3.05) is 6.79 Å². The summed E-state index contributed by atoms with van der Waals surface area (Å²) in [6, 6.07) is 8.75. The number of rotatable bonds is 10. The lowest BCUT2D eigenvalue weighted by Gasteiger charge is -2.28. The van der Waals surface area contributed by atoms with Crippen LogP contribution < -0.4 is 5.32 Å². The minimum absolute atomic E-state index is 0.153. The van der Waals surface area contributed by atoms with Crippen molar-refractivity contribution in [3.05, 3.63) is 35.9 Å². The normalized spacial score (nSPS) is 13.9. The zero-order valence-electron chi connectivity index (χ0n) is 16.7. The topological polar surface area (TPSA) is 94.1 Å². The maximum Gasteiger partial charge on any atom is 0.407 e. The zero-order valence-corrected chi connectivity index (χ0v) is 16.7. The number of amides is 1. The molecule has 0 radical (unpaired) electrons. The van der Waals surface area contributed by atoms with Crippen molar-refractivity contribution in [2.24, 2.45) is 5.92 Å². The summed E-state index contributed by atoms with van der Waals surface area (Å²) in [7, 11) is 0. The highest BCUT2D eigenvalue weighted by atomic mass is 16.7. The molecule has 2 N–H and O–H groups in total. The van der Waals surface area contributed by atoms with Crippen LogP contribution >= 0.6 is 0 Å². The van der Waals surface area contributed by atoms with Gasteiger partial charge in [0, 0.05) is 0 Å². The number of nitrogens with one attached hydrogen (secondary N) is 1. The van der Waals surface area contributed by atoms with Crippen LogP contribution in [-0.2, 0) is 25.6 Å². The number of benzene rings is 1. The molecule has 0 aliphatic carbocycles. The number of hydrogen-bond donors (Lipinski definition) is 2. The fraction of sp³-hybridized carbons (Fsp3) is 0.600. The average molecular weight is 381 g/mol. The summed E-state index contributed by atoms with van der Waals surface area (Å²) < 4.78 is 16.1. The van der Waals surface area contributed by atoms with E-state index in [2.05, 4.69) is 5.32 Å². The molecule has 1 aromatic carbocycles. The second-order valence-corrected chi connectivity index (χ2v) is 7.76. The molecule has 0 saturated heterocycles. The summed E-state index contributed by atoms with van der Waals surface area (Å²) in [6.07, 6.45) is -1.49. The van der Waals surface area contributed by atoms with Crippen LogP contribution in [0, 0.1) is 5.92 Å². The van der Waals surface area contributed by atoms with Gasteiger partial charge < -0.3 is 24.6 Å². The molecule has 0 heterocycles. The van der Waals surface area contributed by atoms with E-state index in [0.717, 1.165) is 5.56 Å². The Bertz CT molecular complexity index is 582. The number of carbonyl (C=O) groups excluding carboxylic acids is 1. The molecule has 0 aliphatic rings. The predicted molar refractivity (Wildman–Crippen MR) is 101 cm³/mol. The van der Waals surface area contributed by atoms with E-state index in [9.17, 15) is 14.7 Å². The molecule has 1 amide bonds. The SMILES string of the molecule is CC(C)C[C@H](NC(=O)OC(C)(C)C)C(OCOCc1ccccc1)C(=O)O. The molecule has 0 aliphatic heterocycles. The van der Waals surface area contributed by atoms with Gasteiger partial charge in [-0.2, -0.15) is 0 Å². The number of ether oxygens (including phenoxy) is 3. The van der Waals surface area contributed by atoms with Crippen LogP contribution in [0.1, 0.15) is 46.6 Å². The summed E-state index contributed by atoms with van der Waals surface area (Å²) in [5.74, 6) is -1.01. The molecule has 2 atom stereocenters. The molecule has 7 nitrogen and oxygen atoms in total. The van der Waals surface area contributed by atoms with Gasteiger partial charge >= 0.3 is 12.1 Å². The summed E-state index contributed by atoms with van der Waals surface area (Å²) in [6.45, 7) is 9.22. The number of carbonyl (C=O) groups is 2. The van der Waals surface area contributed by atoms with Gasteiger partial charge in [-0.3, -0.25) is 0 Å². The van der Waals surface area contributed by atoms with Gasteiger partial charge in [0.15, 0.2) is 6.10 Å². The first-order valence-electron chi connectivity index (χ1n) is 9.04. The Morgan fingerprint density at radius 1 is 1.15 bits per heavy atom. The molecule has 152 valence electrons. The van der Waals surface area contributed by atoms with Crippen molar-refractivity contribution in [2.45, 2.75) is 65.4 Å². The third-order valence-corrected chi connectivity index (χ3v) is 3.48. The van der Waals surface area contributed by atoms with Gasteiger partial charge in [-0.15, -0.1) is 0 Å². The van der Waals surface area contributed by atoms with Crippen LogP contribution in [0.4, 0.5) is 4.79 Å². The molecule has 0 spiro atoms. The van der Waals surface area contributed by atoms with E-state index in [4.69, 9.17) is 14.2 Å². The van der Waals surface area contributed by atoms with Gasteiger partial charge in [-0.25, -0.2) is 9.59 Å². The Morgan fingerprint density at radius 2 is 1.78 bits per heavy atom. The maximum atomic E-state index is 12.1. The van der Waals surface area contributed by atoms with Crippen LogP contribution in [0.25, 0.3) is 0 Å². The molecule has 0 saturated carbocycles. The van der Waals surface area contributed by atoms with E-state index in [0.29, 0.717) is 13.0 Å². The highest BCUT2D eigenvalue weighted by Gasteiger charge is 2.32. The number of alkyl carbamates (subject to hydrolysis) is 1. The summed E-state index contributed by atoms with van der Waals surface area (Å²) in [5, 5.41) is 12.2. The molecule has 0 fully saturated rings. The smallest absolute Gasteiger partial charge is 0.407 e. The standard InChI is InChI=1S/C20H31NO6/c1-14(2)11-16(21-19(24)27-20(3,4)5)17(18(22)23)26-13-25-12-15-9-7-6-8-10-15/h6-10,14,16-17H,11-13H2,1-5H3,(H,21,24)(H,22,23)/t16-,17?/m0/s1. The van der Waals surface area contributed by atoms with Gasteiger partial charge in [0.2, 0.25) is 0 Å². The average Bonchev–Trinajstić information content (AvgIpc) is 2.52. The minimum atomic E-state index is -1.24. The van der Waals surface area contributed by atoms with Crippen LogP contribution in [0.3, 0.4) is 0 Å². The highest BCUT2D eigenvalue weighted by Crippen LogP contribution is 2.14. The van der Waals surface area contributed by atoms with Crippen molar-refractivity contribution in [3.63, 3.8) is 0 Å². The second kappa shape index (κ2) is 10.9. The third kappa shape index (κ3) is 9.96. The van der Waals surface area contributed by atoms with Gasteiger partial charge in [0.1, 0.15) is 12.4 Å². The van der Waals surface area contributed by atoms with Gasteiger partial charge in [-0.1, -0.05) is 44.2 Å². The third-order valence-electron chi connectivity index (χ3n) is 3.48. The van der Waals surface area contributed by atoms with E-state index < -0.39 is 29.8 Å². The lowest BCUT2D eigenvalue weighted by Crippen LogP contribution is -2.50. The molecule has 7 heteroatoms. The van der Waals surface area contributed by atoms with E-state index in [1.54, 1.807) is 20.8 Å². The molecule has 27 heavy (non-hydrogen) atoms. The lowest BCUT2D eigenvalue weighted by atomic mass is 9.99. The Balaban J connectivity index is 2.65. The van der Waals surface area contributed by atoms with Crippen molar-refractivity contribution in [1.82, 2.24) is 5.32 Å². The molecular formula is C20H31NO6. The largest absolute Gasteiger partial charge is 0.479 e. The first-order valence-corrected chi connectivity index (χ1v) is 9.04. The highest BCUT2D eigenvalue weighted by molar-refractivity contribution is 5.75. The van der Waals surface area contributed by atoms with Crippen molar-refractivity contribution < 1.29 is 28.9 Å². The monoisotopic (exact) mass is 381 g/mol. The predicted octanol–water partition coefficient (Wildman–Crippen LogP) is 3.57. The Morgan fingerprint density at radius 3 is 2.30 bits per heavy atom. The van der Waals surface area contributed by atoms with Crippen molar-refractivity contribution >= 4 is 12.1 Å². The zero-order chi connectivity index (χ0) is 20.4. The Kier molecular flexibility index (Phi) is 9.25. The maximum absolute atomic E-state index is 12.1. The Hall–Kier alpha value is -2.12. The van der Waals surface area contributed by atoms with Crippen LogP contribution in [0.5, 0.6) is 0 Å². The van der Waals surface area contributed by atoms with E-state index in [1.165, 1.54) is 0 Å². The van der Waals surface area contributed by atoms with Crippen LogP contribution in [-0.4, -0.2) is 41.7 Å². The van der Waals surface area contributed by atoms with E-state index in [-0.39, 0.29) is 12.7 Å². The van der Waals surface area contributed by atoms with Gasteiger partial charge in [0.05, 0.1) is 12.6 Å². The second-order valence-electron chi connectivity index (χ2n) is 7.76. The van der Waals surface area contributed by atoms with Crippen molar-refractivity contribution in [3.8, 4) is 0 Å². The minimum Gasteiger partial charge on any atom is -0.479 e. The van der Waals surface area contributed by atoms with Crippen LogP contribution in [0.2, 0.25) is 0 Å². The van der Waals surface area contributed by atoms with Gasteiger partial charge in [0.25, 0.3) is 0 Å². The Labute approximate surface area is 161 Å². The number of carboxylic acid groups (broad SMARTS) is 1. The molecular weight excluding hydrogens is 350 g/mol. The van der Waals surface area contributed by atoms with Crippen LogP contribution in [0.15, 0.2) is 30.3 Å². The molecule has 0 aromatic heterocycles. The first kappa shape index (κ1) is 22.9. The lowest BCUT2D eigenvalue weighted by molar-refractivity contribution is -0.165. The van der Waals surface area contributed by atoms with E-state index in [1.807, 2.05) is 44.2 Å². The molecule has 0 bridgehead atoms. The van der Waals surface area contributed by atoms with Crippen molar-refractivity contribution in [1.29, 1.82) is 0 Å². The molecule has 1 aromatic rings.